The molecule has 1 aromatic carbocycles. The molecule has 2 atom stereocenters. The topological polar surface area (TPSA) is 59.2 Å². The van der Waals surface area contributed by atoms with Crippen LogP contribution in [0.15, 0.2) is 51.7 Å². The van der Waals surface area contributed by atoms with Gasteiger partial charge in [0.2, 0.25) is 11.7 Å². The first-order valence-corrected chi connectivity index (χ1v) is 8.87. The molecule has 1 amide bonds. The third kappa shape index (κ3) is 2.73. The minimum atomic E-state index is 0.0772. The van der Waals surface area contributed by atoms with Crippen LogP contribution in [0.5, 0.6) is 0 Å². The highest BCUT2D eigenvalue weighted by atomic mass is 32.1. The van der Waals surface area contributed by atoms with Gasteiger partial charge < -0.3 is 9.42 Å². The smallest absolute Gasteiger partial charge is 0.254 e. The Morgan fingerprint density at radius 2 is 2.08 bits per heavy atom. The monoisotopic (exact) mass is 339 g/mol. The molecular weight excluding hydrogens is 322 g/mol. The maximum atomic E-state index is 12.5. The van der Waals surface area contributed by atoms with Crippen LogP contribution < -0.4 is 0 Å². The molecule has 0 saturated carbocycles. The molecule has 0 bridgehead atoms. The number of amides is 1. The summed E-state index contributed by atoms with van der Waals surface area (Å²) < 4.78 is 5.50. The zero-order valence-electron chi connectivity index (χ0n) is 13.3. The van der Waals surface area contributed by atoms with E-state index in [0.717, 1.165) is 11.1 Å². The van der Waals surface area contributed by atoms with E-state index in [4.69, 9.17) is 4.52 Å². The Labute approximate surface area is 143 Å². The van der Waals surface area contributed by atoms with Gasteiger partial charge in [0, 0.05) is 24.0 Å². The van der Waals surface area contributed by atoms with Crippen LogP contribution in [0.3, 0.4) is 0 Å². The van der Waals surface area contributed by atoms with E-state index in [9.17, 15) is 4.79 Å². The van der Waals surface area contributed by atoms with Crippen molar-refractivity contribution in [3.63, 3.8) is 0 Å². The van der Waals surface area contributed by atoms with E-state index in [0.29, 0.717) is 24.8 Å². The summed E-state index contributed by atoms with van der Waals surface area (Å²) in [6.07, 6.45) is 0. The lowest BCUT2D eigenvalue weighted by Crippen LogP contribution is -2.28. The van der Waals surface area contributed by atoms with Crippen molar-refractivity contribution in [2.45, 2.75) is 12.8 Å². The van der Waals surface area contributed by atoms with Gasteiger partial charge in [0.05, 0.1) is 11.5 Å². The van der Waals surface area contributed by atoms with Crippen molar-refractivity contribution >= 4 is 17.2 Å². The van der Waals surface area contributed by atoms with Gasteiger partial charge in [-0.2, -0.15) is 16.3 Å². The Bertz CT molecular complexity index is 829. The van der Waals surface area contributed by atoms with E-state index in [-0.39, 0.29) is 17.7 Å². The molecule has 6 heteroatoms. The third-order valence-corrected chi connectivity index (χ3v) is 5.14. The number of hydrogen-bond donors (Lipinski definition) is 0. The van der Waals surface area contributed by atoms with Crippen LogP contribution in [-0.4, -0.2) is 34.0 Å². The van der Waals surface area contributed by atoms with Crippen molar-refractivity contribution in [2.24, 2.45) is 5.92 Å². The highest BCUT2D eigenvalue weighted by molar-refractivity contribution is 7.08. The molecule has 0 spiro atoms. The number of carbonyl (C=O) groups is 1. The maximum Gasteiger partial charge on any atom is 0.254 e. The minimum Gasteiger partial charge on any atom is -0.339 e. The van der Waals surface area contributed by atoms with Gasteiger partial charge in [-0.15, -0.1) is 0 Å². The Kier molecular flexibility index (Phi) is 3.90. The molecule has 2 aromatic heterocycles. The number of carbonyl (C=O) groups excluding carboxylic acids is 1. The predicted octanol–water partition coefficient (Wildman–Crippen LogP) is 3.67. The van der Waals surface area contributed by atoms with Crippen molar-refractivity contribution in [3.05, 3.63) is 58.6 Å². The molecule has 1 fully saturated rings. The van der Waals surface area contributed by atoms with E-state index >= 15 is 0 Å². The fourth-order valence-electron chi connectivity index (χ4n) is 3.11. The van der Waals surface area contributed by atoms with Gasteiger partial charge in [0.15, 0.2) is 0 Å². The highest BCUT2D eigenvalue weighted by Gasteiger charge is 2.37. The average molecular weight is 339 g/mol. The summed E-state index contributed by atoms with van der Waals surface area (Å²) in [7, 11) is 0. The second kappa shape index (κ2) is 6.20. The van der Waals surface area contributed by atoms with Crippen LogP contribution in [0.25, 0.3) is 11.4 Å². The number of rotatable bonds is 3. The fourth-order valence-corrected chi connectivity index (χ4v) is 3.74. The van der Waals surface area contributed by atoms with Gasteiger partial charge in [-0.25, -0.2) is 0 Å². The molecule has 0 radical (unpaired) electrons. The first kappa shape index (κ1) is 15.1. The van der Waals surface area contributed by atoms with E-state index in [2.05, 4.69) is 17.1 Å². The maximum absolute atomic E-state index is 12.5. The van der Waals surface area contributed by atoms with Crippen LogP contribution in [0.4, 0.5) is 0 Å². The van der Waals surface area contributed by atoms with E-state index in [1.54, 1.807) is 0 Å². The quantitative estimate of drug-likeness (QED) is 0.730. The molecule has 1 aliphatic heterocycles. The van der Waals surface area contributed by atoms with Crippen LogP contribution in [0.1, 0.15) is 29.1 Å². The lowest BCUT2D eigenvalue weighted by Gasteiger charge is -2.14. The van der Waals surface area contributed by atoms with Gasteiger partial charge in [-0.05, 0) is 17.4 Å². The number of thiophene rings is 1. The van der Waals surface area contributed by atoms with Crippen molar-refractivity contribution in [2.75, 3.05) is 13.1 Å². The Balaban J connectivity index is 1.53. The predicted molar refractivity (Wildman–Crippen MR) is 91.9 cm³/mol. The SMILES string of the molecule is CC1CN(C(=O)c2ccsc2)CC1c1nc(-c2ccccc2)no1. The van der Waals surface area contributed by atoms with Crippen molar-refractivity contribution in [1.82, 2.24) is 15.0 Å². The lowest BCUT2D eigenvalue weighted by atomic mass is 9.98. The standard InChI is InChI=1S/C18H17N3O2S/c1-12-9-21(18(22)14-7-8-24-11-14)10-15(12)17-19-16(20-23-17)13-5-3-2-4-6-13/h2-8,11-12,15H,9-10H2,1H3. The fraction of sp³-hybridized carbons (Fsp3) is 0.278. The Hall–Kier alpha value is -2.47. The summed E-state index contributed by atoms with van der Waals surface area (Å²) in [5.41, 5.74) is 1.69. The molecular formula is C18H17N3O2S. The van der Waals surface area contributed by atoms with Crippen LogP contribution in [-0.2, 0) is 0 Å². The number of nitrogens with zero attached hydrogens (tertiary/aromatic N) is 3. The van der Waals surface area contributed by atoms with Gasteiger partial charge in [-0.1, -0.05) is 42.4 Å². The third-order valence-electron chi connectivity index (χ3n) is 4.46. The number of likely N-dealkylation sites (tertiary alicyclic amines) is 1. The molecule has 3 aromatic rings. The van der Waals surface area contributed by atoms with Crippen LogP contribution in [0.2, 0.25) is 0 Å². The largest absolute Gasteiger partial charge is 0.339 e. The molecule has 5 nitrogen and oxygen atoms in total. The lowest BCUT2D eigenvalue weighted by molar-refractivity contribution is 0.0786. The molecule has 3 heterocycles. The molecule has 24 heavy (non-hydrogen) atoms. The summed E-state index contributed by atoms with van der Waals surface area (Å²) in [5, 5.41) is 7.91. The Morgan fingerprint density at radius 1 is 1.25 bits per heavy atom. The summed E-state index contributed by atoms with van der Waals surface area (Å²) in [6, 6.07) is 11.6. The van der Waals surface area contributed by atoms with Crippen molar-refractivity contribution in [1.29, 1.82) is 0 Å². The van der Waals surface area contributed by atoms with Gasteiger partial charge in [0.1, 0.15) is 0 Å². The van der Waals surface area contributed by atoms with E-state index < -0.39 is 0 Å². The highest BCUT2D eigenvalue weighted by Crippen LogP contribution is 2.33. The zero-order chi connectivity index (χ0) is 16.5. The molecule has 122 valence electrons. The first-order valence-electron chi connectivity index (χ1n) is 7.93. The number of hydrogen-bond acceptors (Lipinski definition) is 5. The van der Waals surface area contributed by atoms with Gasteiger partial charge in [0.25, 0.3) is 5.91 Å². The van der Waals surface area contributed by atoms with Crippen molar-refractivity contribution < 1.29 is 9.32 Å². The molecule has 1 saturated heterocycles. The summed E-state index contributed by atoms with van der Waals surface area (Å²) in [4.78, 5) is 19.0. The van der Waals surface area contributed by atoms with Crippen LogP contribution in [0, 0.1) is 5.92 Å². The normalized spacial score (nSPS) is 20.5. The van der Waals surface area contributed by atoms with Crippen LogP contribution >= 0.6 is 11.3 Å². The van der Waals surface area contributed by atoms with E-state index in [1.807, 2.05) is 52.1 Å². The molecule has 0 N–H and O–H groups in total. The molecule has 1 aliphatic rings. The summed E-state index contributed by atoms with van der Waals surface area (Å²) in [5.74, 6) is 1.66. The van der Waals surface area contributed by atoms with Crippen molar-refractivity contribution in [3.8, 4) is 11.4 Å². The van der Waals surface area contributed by atoms with Gasteiger partial charge >= 0.3 is 0 Å². The average Bonchev–Trinajstić information content (AvgIpc) is 3.35. The molecule has 4 rings (SSSR count). The molecule has 2 unspecified atom stereocenters. The second-order valence-corrected chi connectivity index (χ2v) is 6.91. The summed E-state index contributed by atoms with van der Waals surface area (Å²) >= 11 is 1.54. The Morgan fingerprint density at radius 3 is 2.83 bits per heavy atom. The molecule has 0 aliphatic carbocycles. The number of aromatic nitrogens is 2. The minimum absolute atomic E-state index is 0.0772. The van der Waals surface area contributed by atoms with E-state index in [1.165, 1.54) is 11.3 Å². The second-order valence-electron chi connectivity index (χ2n) is 6.13. The van der Waals surface area contributed by atoms with Gasteiger partial charge in [-0.3, -0.25) is 4.79 Å². The number of benzene rings is 1. The summed E-state index contributed by atoms with van der Waals surface area (Å²) in [6.45, 7) is 3.45. The first-order chi connectivity index (χ1) is 11.7. The zero-order valence-corrected chi connectivity index (χ0v) is 14.1.